The van der Waals surface area contributed by atoms with Crippen molar-refractivity contribution in [2.45, 2.75) is 124 Å². The van der Waals surface area contributed by atoms with Gasteiger partial charge in [0.2, 0.25) is 5.60 Å². The number of rotatable bonds is 12. The number of thiazole rings is 1. The van der Waals surface area contributed by atoms with Gasteiger partial charge in [-0.3, -0.25) is 19.5 Å². The quantitative estimate of drug-likeness (QED) is 0.0592. The first-order chi connectivity index (χ1) is 24.1. The van der Waals surface area contributed by atoms with Gasteiger partial charge in [0, 0.05) is 5.38 Å². The summed E-state index contributed by atoms with van der Waals surface area (Å²) in [5.41, 5.74) is -5.09. The monoisotopic (exact) mass is 788 g/mol. The number of nitrogens with zero attached hydrogens (tertiary/aromatic N) is 7. The summed E-state index contributed by atoms with van der Waals surface area (Å²) in [5.74, 6) is -3.20. The number of alkyl carbamates (subject to hydrolysis) is 1. The molecule has 0 spiro atoms. The van der Waals surface area contributed by atoms with Crippen molar-refractivity contribution in [2.24, 2.45) is 5.16 Å². The van der Waals surface area contributed by atoms with Crippen molar-refractivity contribution >= 4 is 62.5 Å². The highest BCUT2D eigenvalue weighted by Gasteiger charge is 2.55. The van der Waals surface area contributed by atoms with Gasteiger partial charge in [0.05, 0.1) is 19.1 Å². The number of ether oxygens (including phenoxy) is 3. The van der Waals surface area contributed by atoms with Gasteiger partial charge in [0.15, 0.2) is 16.7 Å². The van der Waals surface area contributed by atoms with Gasteiger partial charge < -0.3 is 29.7 Å². The molecule has 0 aromatic carbocycles. The van der Waals surface area contributed by atoms with E-state index in [0.29, 0.717) is 0 Å². The molecule has 3 heterocycles. The molecule has 2 atom stereocenters. The van der Waals surface area contributed by atoms with Crippen LogP contribution in [0.3, 0.4) is 0 Å². The summed E-state index contributed by atoms with van der Waals surface area (Å²) in [5, 5.41) is 23.5. The Bertz CT molecular complexity index is 1850. The Balaban J connectivity index is 1.93. The van der Waals surface area contributed by atoms with Gasteiger partial charge >= 0.3 is 28.5 Å². The molecule has 2 aromatic rings. The molecular formula is C29H44N10O12S2. The minimum absolute atomic E-state index is 0.00286. The van der Waals surface area contributed by atoms with Crippen LogP contribution in [0.1, 0.15) is 87.7 Å². The number of esters is 1. The standard InChI is InChI=1S/C29H44N10O12S2/c1-26(2,3)48-22(42)29(10,11)51-35-18(15-14-52-23(31-15)33-25(44)50-28(7,8)9)20(40)32-19-16(39(21(19)41)53(45,46)47)13-38-17(34-36-37-38)12-30-24(43)49-27(4,5)6/h14,16,19H,12-13H2,1-11H3,(H,30,43)(H,32,40)(H,31,33,44)(H,45,46,47)/b35-18-/t16-,19+/m1/s1. The largest absolute Gasteiger partial charge is 0.457 e. The van der Waals surface area contributed by atoms with Gasteiger partial charge in [-0.2, -0.15) is 8.42 Å². The zero-order valence-corrected chi connectivity index (χ0v) is 32.7. The van der Waals surface area contributed by atoms with Crippen molar-refractivity contribution in [1.29, 1.82) is 0 Å². The van der Waals surface area contributed by atoms with Crippen LogP contribution in [0.15, 0.2) is 10.5 Å². The summed E-state index contributed by atoms with van der Waals surface area (Å²) in [7, 11) is -5.15. The summed E-state index contributed by atoms with van der Waals surface area (Å²) < 4.78 is 51.2. The summed E-state index contributed by atoms with van der Waals surface area (Å²) >= 11 is 0.871. The number of β-lactam (4-membered cyclic amide) rings is 1. The molecule has 0 saturated carbocycles. The second-order valence-electron chi connectivity index (χ2n) is 15.0. The van der Waals surface area contributed by atoms with Gasteiger partial charge in [-0.05, 0) is 86.6 Å². The predicted molar refractivity (Wildman–Crippen MR) is 185 cm³/mol. The maximum Gasteiger partial charge on any atom is 0.413 e. The van der Waals surface area contributed by atoms with Crippen LogP contribution in [-0.2, 0) is 56.8 Å². The highest BCUT2D eigenvalue weighted by Crippen LogP contribution is 2.26. The van der Waals surface area contributed by atoms with E-state index in [2.05, 4.69) is 41.6 Å². The van der Waals surface area contributed by atoms with E-state index in [-0.39, 0.29) is 27.5 Å². The highest BCUT2D eigenvalue weighted by atomic mass is 32.2. The van der Waals surface area contributed by atoms with Gasteiger partial charge in [-0.25, -0.2) is 28.4 Å². The van der Waals surface area contributed by atoms with Crippen molar-refractivity contribution in [3.63, 3.8) is 0 Å². The van der Waals surface area contributed by atoms with Gasteiger partial charge in [0.1, 0.15) is 28.5 Å². The Morgan fingerprint density at radius 1 is 0.943 bits per heavy atom. The minimum Gasteiger partial charge on any atom is -0.457 e. The SMILES string of the molecule is CC(C)(C)OC(=O)NCc1nnnn1C[C@@H]1[C@H](NC(=O)/C(=N\OC(C)(C)C(=O)OC(C)(C)C)c2csc(NC(=O)OC(C)(C)C)n2)C(=O)N1S(=O)(=O)O. The third kappa shape index (κ3) is 12.3. The molecule has 24 heteroatoms. The number of oxime groups is 1. The predicted octanol–water partition coefficient (Wildman–Crippen LogP) is 1.54. The Morgan fingerprint density at radius 3 is 2.09 bits per heavy atom. The Labute approximate surface area is 309 Å². The molecule has 0 unspecified atom stereocenters. The maximum absolute atomic E-state index is 13.8. The average Bonchev–Trinajstić information content (AvgIpc) is 3.60. The number of amides is 4. The first-order valence-corrected chi connectivity index (χ1v) is 18.1. The van der Waals surface area contributed by atoms with Crippen LogP contribution in [0.2, 0.25) is 0 Å². The average molecular weight is 789 g/mol. The summed E-state index contributed by atoms with van der Waals surface area (Å²) in [6, 6.07) is -3.12. The van der Waals surface area contributed by atoms with E-state index >= 15 is 0 Å². The molecule has 4 amide bonds. The number of anilines is 1. The Morgan fingerprint density at radius 2 is 1.53 bits per heavy atom. The molecule has 1 aliphatic rings. The second kappa shape index (κ2) is 15.6. The third-order valence-electron chi connectivity index (χ3n) is 6.29. The number of tetrazole rings is 1. The molecule has 4 N–H and O–H groups in total. The molecular weight excluding hydrogens is 745 g/mol. The number of hydrogen-bond acceptors (Lipinski definition) is 17. The number of aromatic nitrogens is 5. The van der Waals surface area contributed by atoms with E-state index in [1.807, 2.05) is 0 Å². The zero-order chi connectivity index (χ0) is 40.3. The summed E-state index contributed by atoms with van der Waals surface area (Å²) in [6.45, 7) is 16.7. The van der Waals surface area contributed by atoms with Crippen LogP contribution < -0.4 is 16.0 Å². The fraction of sp³-hybridized carbons (Fsp3) is 0.655. The van der Waals surface area contributed by atoms with Crippen molar-refractivity contribution in [3.05, 3.63) is 16.9 Å². The topological polar surface area (TPSA) is 285 Å². The molecule has 0 bridgehead atoms. The molecule has 22 nitrogen and oxygen atoms in total. The Kier molecular flexibility index (Phi) is 12.5. The minimum atomic E-state index is -5.15. The lowest BCUT2D eigenvalue weighted by Crippen LogP contribution is -2.73. The number of carbonyl (C=O) groups excluding carboxylic acids is 5. The zero-order valence-electron chi connectivity index (χ0n) is 31.0. The van der Waals surface area contributed by atoms with Crippen LogP contribution in [0, 0.1) is 0 Å². The highest BCUT2D eigenvalue weighted by molar-refractivity contribution is 7.84. The molecule has 2 aromatic heterocycles. The molecule has 0 radical (unpaired) electrons. The smallest absolute Gasteiger partial charge is 0.413 e. The van der Waals surface area contributed by atoms with Crippen molar-refractivity contribution in [3.8, 4) is 0 Å². The lowest BCUT2D eigenvalue weighted by atomic mass is 9.98. The van der Waals surface area contributed by atoms with E-state index in [1.54, 1.807) is 62.3 Å². The molecule has 1 fully saturated rings. The van der Waals surface area contributed by atoms with Crippen LogP contribution in [0.25, 0.3) is 0 Å². The fourth-order valence-corrected chi connectivity index (χ4v) is 5.67. The van der Waals surface area contributed by atoms with Crippen LogP contribution in [-0.4, -0.2) is 113 Å². The van der Waals surface area contributed by atoms with Crippen molar-refractivity contribution in [1.82, 2.24) is 40.1 Å². The van der Waals surface area contributed by atoms with E-state index in [9.17, 15) is 36.9 Å². The lowest BCUT2D eigenvalue weighted by molar-refractivity contribution is -0.179. The number of nitrogens with one attached hydrogen (secondary N) is 3. The molecule has 3 rings (SSSR count). The molecule has 294 valence electrons. The van der Waals surface area contributed by atoms with Crippen LogP contribution >= 0.6 is 11.3 Å². The van der Waals surface area contributed by atoms with E-state index in [0.717, 1.165) is 16.0 Å². The second-order valence-corrected chi connectivity index (χ2v) is 17.1. The lowest BCUT2D eigenvalue weighted by Gasteiger charge is -2.43. The van der Waals surface area contributed by atoms with Gasteiger partial charge in [0.25, 0.3) is 11.8 Å². The van der Waals surface area contributed by atoms with Gasteiger partial charge in [-0.15, -0.1) is 16.4 Å². The summed E-state index contributed by atoms with van der Waals surface area (Å²) in [6.07, 6.45) is -1.65. The first-order valence-electron chi connectivity index (χ1n) is 15.9. The van der Waals surface area contributed by atoms with Gasteiger partial charge in [-0.1, -0.05) is 5.16 Å². The number of hydrogen-bond donors (Lipinski definition) is 4. The van der Waals surface area contributed by atoms with Crippen molar-refractivity contribution < 1.29 is 56.0 Å². The third-order valence-corrected chi connectivity index (χ3v) is 7.99. The van der Waals surface area contributed by atoms with Crippen molar-refractivity contribution in [2.75, 3.05) is 5.32 Å². The van der Waals surface area contributed by atoms with Crippen LogP contribution in [0.5, 0.6) is 0 Å². The van der Waals surface area contributed by atoms with Crippen LogP contribution in [0.4, 0.5) is 14.7 Å². The van der Waals surface area contributed by atoms with E-state index in [1.165, 1.54) is 19.2 Å². The number of carbonyl (C=O) groups is 5. The molecule has 1 saturated heterocycles. The first kappa shape index (κ1) is 42.4. The fourth-order valence-electron chi connectivity index (χ4n) is 4.12. The molecule has 1 aliphatic heterocycles. The van der Waals surface area contributed by atoms with E-state index in [4.69, 9.17) is 19.0 Å². The summed E-state index contributed by atoms with van der Waals surface area (Å²) in [4.78, 5) is 73.9. The molecule has 0 aliphatic carbocycles. The maximum atomic E-state index is 13.8. The normalized spacial score (nSPS) is 17.0. The van der Waals surface area contributed by atoms with E-state index < -0.39 is 87.0 Å². The molecule has 53 heavy (non-hydrogen) atoms. The Hall–Kier alpha value is -4.97.